The second-order valence-corrected chi connectivity index (χ2v) is 29.0. The first-order valence-electron chi connectivity index (χ1n) is 36.0. The van der Waals surface area contributed by atoms with Crippen LogP contribution in [0.3, 0.4) is 0 Å². The lowest BCUT2D eigenvalue weighted by molar-refractivity contribution is 0.668. The molecule has 0 radical (unpaired) electrons. The molecule has 0 N–H and O–H groups in total. The maximum Gasteiger partial charge on any atom is 0.138 e. The van der Waals surface area contributed by atoms with E-state index in [1.165, 1.54) is 108 Å². The zero-order valence-corrected chi connectivity index (χ0v) is 57.7. The van der Waals surface area contributed by atoms with Crippen molar-refractivity contribution in [1.82, 2.24) is 23.3 Å². The average Bonchev–Trinajstić information content (AvgIpc) is 1.51. The van der Waals surface area contributed by atoms with Crippen molar-refractivity contribution in [3.05, 3.63) is 346 Å². The Morgan fingerprint density at radius 1 is 0.226 bits per heavy atom. The van der Waals surface area contributed by atoms with Crippen LogP contribution < -0.4 is 0 Å². The highest BCUT2D eigenvalue weighted by Crippen LogP contribution is 2.44. The second kappa shape index (κ2) is 22.8. The van der Waals surface area contributed by atoms with E-state index in [-0.39, 0.29) is 0 Å². The minimum absolute atomic E-state index is 0.901. The van der Waals surface area contributed by atoms with Crippen LogP contribution in [0.1, 0.15) is 0 Å². The van der Waals surface area contributed by atoms with Crippen LogP contribution in [0.15, 0.2) is 355 Å². The molecule has 0 bridgehead atoms. The molecule has 8 heterocycles. The maximum atomic E-state index is 6.11. The minimum Gasteiger partial charge on any atom is -0.456 e. The number of fused-ring (bicyclic) bond motifs is 28. The fourth-order valence-electron chi connectivity index (χ4n) is 17.1. The Kier molecular flexibility index (Phi) is 12.6. The van der Waals surface area contributed by atoms with Crippen LogP contribution in [0, 0.1) is 0 Å². The number of benzene rings is 16. The van der Waals surface area contributed by atoms with E-state index in [9.17, 15) is 0 Å². The Balaban J connectivity index is 0.000000129. The largest absolute Gasteiger partial charge is 0.456 e. The lowest BCUT2D eigenvalue weighted by atomic mass is 9.94. The molecule has 0 aliphatic heterocycles. The molecular weight excluding hydrogens is 1310 g/mol. The summed E-state index contributed by atoms with van der Waals surface area (Å²) in [6, 6.07) is 120. The maximum absolute atomic E-state index is 6.11. The monoisotopic (exact) mass is 1370 g/mol. The van der Waals surface area contributed by atoms with Crippen molar-refractivity contribution in [2.24, 2.45) is 0 Å². The van der Waals surface area contributed by atoms with Crippen LogP contribution in [0.5, 0.6) is 0 Å². The van der Waals surface area contributed by atoms with E-state index < -0.39 is 0 Å². The first kappa shape index (κ1) is 58.7. The topological polar surface area (TPSA) is 65.8 Å². The van der Waals surface area contributed by atoms with Crippen LogP contribution in [0.4, 0.5) is 0 Å². The van der Waals surface area contributed by atoms with Gasteiger partial charge in [0.15, 0.2) is 0 Å². The number of hydrogen-bond donors (Lipinski definition) is 0. The summed E-state index contributed by atoms with van der Waals surface area (Å²) in [5.74, 6) is 0. The van der Waals surface area contributed by atoms with Crippen LogP contribution in [0.25, 0.3) is 224 Å². The van der Waals surface area contributed by atoms with E-state index in [0.717, 1.165) is 116 Å². The van der Waals surface area contributed by atoms with Crippen molar-refractivity contribution in [3.63, 3.8) is 0 Å². The van der Waals surface area contributed by atoms with Gasteiger partial charge in [-0.1, -0.05) is 218 Å². The molecule has 0 saturated carbocycles. The predicted molar refractivity (Wildman–Crippen MR) is 444 cm³/mol. The van der Waals surface area contributed by atoms with Gasteiger partial charge < -0.3 is 13.4 Å². The van der Waals surface area contributed by atoms with Gasteiger partial charge >= 0.3 is 0 Å². The SMILES string of the molecule is c1cc(-c2ccc3c(c2)c2ccccc2c2nc4cc(-c5ccc6oc7ccccc7c6c5)ccn4c32)cc(-n2c3ccccc3c3ccccc32)c1.c1cc(-c2ccc3c(c2)sc2ccccc23)cc(-c2ccc3c(c2)c2ccccc2c2nc4cc(-c5ccc6oc7ccccc7c6c5)ccn4c32)c1. The lowest BCUT2D eigenvalue weighted by Gasteiger charge is -2.12. The quantitative estimate of drug-likeness (QED) is 0.156. The smallest absolute Gasteiger partial charge is 0.138 e. The van der Waals surface area contributed by atoms with Crippen LogP contribution in [-0.4, -0.2) is 23.3 Å². The fourth-order valence-corrected chi connectivity index (χ4v) is 18.3. The number of para-hydroxylation sites is 4. The molecule has 0 aliphatic rings. The molecular formula is C98H57N5O2S. The molecule has 16 aromatic carbocycles. The number of imidazole rings is 2. The normalized spacial score (nSPS) is 12.2. The highest BCUT2D eigenvalue weighted by Gasteiger charge is 2.21. The Morgan fingerprint density at radius 2 is 0.604 bits per heavy atom. The summed E-state index contributed by atoms with van der Waals surface area (Å²) in [4.78, 5) is 10.6. The zero-order valence-electron chi connectivity index (χ0n) is 56.9. The Labute approximate surface area is 609 Å². The minimum atomic E-state index is 0.901. The van der Waals surface area contributed by atoms with E-state index in [1.54, 1.807) is 0 Å². The molecule has 492 valence electrons. The van der Waals surface area contributed by atoms with Gasteiger partial charge in [-0.3, -0.25) is 8.80 Å². The number of thiophene rings is 1. The Hall–Kier alpha value is -13.9. The molecule has 8 aromatic heterocycles. The molecule has 0 aliphatic carbocycles. The highest BCUT2D eigenvalue weighted by molar-refractivity contribution is 7.25. The summed E-state index contributed by atoms with van der Waals surface area (Å²) in [6.07, 6.45) is 4.35. The Bertz CT molecular complexity index is 7820. The first-order chi connectivity index (χ1) is 52.5. The van der Waals surface area contributed by atoms with Gasteiger partial charge in [-0.2, -0.15) is 0 Å². The molecule has 0 unspecified atom stereocenters. The van der Waals surface area contributed by atoms with Crippen molar-refractivity contribution in [3.8, 4) is 61.3 Å². The fraction of sp³-hybridized carbons (Fsp3) is 0. The molecule has 0 atom stereocenters. The summed E-state index contributed by atoms with van der Waals surface area (Å²) in [5.41, 5.74) is 25.1. The number of nitrogens with zero attached hydrogens (tertiary/aromatic N) is 5. The van der Waals surface area contributed by atoms with Crippen LogP contribution >= 0.6 is 11.3 Å². The summed E-state index contributed by atoms with van der Waals surface area (Å²) in [5, 5.41) is 19.3. The van der Waals surface area contributed by atoms with Crippen molar-refractivity contribution < 1.29 is 8.83 Å². The summed E-state index contributed by atoms with van der Waals surface area (Å²) >= 11 is 1.87. The Morgan fingerprint density at radius 3 is 1.14 bits per heavy atom. The second-order valence-electron chi connectivity index (χ2n) is 27.9. The van der Waals surface area contributed by atoms with Crippen molar-refractivity contribution in [2.75, 3.05) is 0 Å². The van der Waals surface area contributed by atoms with Crippen LogP contribution in [-0.2, 0) is 0 Å². The first-order valence-corrected chi connectivity index (χ1v) is 36.8. The van der Waals surface area contributed by atoms with Crippen molar-refractivity contribution in [2.45, 2.75) is 0 Å². The number of aromatic nitrogens is 5. The van der Waals surface area contributed by atoms with Gasteiger partial charge in [-0.05, 0) is 192 Å². The van der Waals surface area contributed by atoms with E-state index in [4.69, 9.17) is 18.8 Å². The molecule has 0 fully saturated rings. The summed E-state index contributed by atoms with van der Waals surface area (Å²) in [6.45, 7) is 0. The third-order valence-electron chi connectivity index (χ3n) is 22.1. The zero-order chi connectivity index (χ0) is 69.2. The molecule has 0 spiro atoms. The summed E-state index contributed by atoms with van der Waals surface area (Å²) < 4.78 is 21.8. The van der Waals surface area contributed by atoms with E-state index >= 15 is 0 Å². The van der Waals surface area contributed by atoms with E-state index in [0.29, 0.717) is 0 Å². The van der Waals surface area contributed by atoms with Crippen molar-refractivity contribution >= 4 is 174 Å². The van der Waals surface area contributed by atoms with Gasteiger partial charge in [-0.15, -0.1) is 11.3 Å². The highest BCUT2D eigenvalue weighted by atomic mass is 32.1. The van der Waals surface area contributed by atoms with Gasteiger partial charge in [0.05, 0.1) is 33.1 Å². The number of furan rings is 2. The van der Waals surface area contributed by atoms with Crippen LogP contribution in [0.2, 0.25) is 0 Å². The third kappa shape index (κ3) is 8.98. The van der Waals surface area contributed by atoms with Gasteiger partial charge in [-0.25, -0.2) is 9.97 Å². The molecule has 0 amide bonds. The van der Waals surface area contributed by atoms with Gasteiger partial charge in [0.2, 0.25) is 0 Å². The van der Waals surface area contributed by atoms with E-state index in [2.05, 4.69) is 335 Å². The molecule has 0 saturated heterocycles. The molecule has 106 heavy (non-hydrogen) atoms. The van der Waals surface area contributed by atoms with E-state index in [1.807, 2.05) is 35.6 Å². The third-order valence-corrected chi connectivity index (χ3v) is 23.2. The number of hydrogen-bond acceptors (Lipinski definition) is 5. The molecule has 7 nitrogen and oxygen atoms in total. The van der Waals surface area contributed by atoms with Crippen molar-refractivity contribution in [1.29, 1.82) is 0 Å². The number of rotatable bonds is 6. The van der Waals surface area contributed by atoms with Gasteiger partial charge in [0, 0.05) is 92.1 Å². The lowest BCUT2D eigenvalue weighted by Crippen LogP contribution is -1.94. The molecule has 24 aromatic rings. The molecule has 24 rings (SSSR count). The van der Waals surface area contributed by atoms with Gasteiger partial charge in [0.1, 0.15) is 33.6 Å². The standard InChI is InChI=1S/C49H29N3O.C49H28N2OS/c1-2-16-39-35(12-1)41-27-31(30-10-9-11-34(26-30)52-43-17-6-3-13-36(43)37-14-4-7-18-44(37)52)20-22-40(41)49-48(39)50-47-29-33(24-25-51(47)49)32-21-23-46-42(28-32)38-15-5-8-19-45(38)53-46;1-2-13-39-35(10-1)41-25-31(29-8-7-9-30(24-29)33-16-19-38-37-12-4-6-15-45(37)53-46(38)27-33)17-20-40(41)49-48(39)50-47-28-34(22-23-51(47)49)32-18-21-44-42(26-32)36-11-3-5-14-43(36)52-44/h1-29H;1-28H. The average molecular weight is 1370 g/mol. The summed E-state index contributed by atoms with van der Waals surface area (Å²) in [7, 11) is 0. The number of pyridine rings is 2. The van der Waals surface area contributed by atoms with Gasteiger partial charge in [0.25, 0.3) is 0 Å². The molecule has 8 heteroatoms. The predicted octanol–water partition coefficient (Wildman–Crippen LogP) is 27.2.